The van der Waals surface area contributed by atoms with E-state index in [0.717, 1.165) is 49.5 Å². The van der Waals surface area contributed by atoms with Gasteiger partial charge in [-0.05, 0) is 35.6 Å². The Bertz CT molecular complexity index is 1330. The summed E-state index contributed by atoms with van der Waals surface area (Å²) in [5.74, 6) is 1.05. The lowest BCUT2D eigenvalue weighted by molar-refractivity contribution is -0.384. The number of thiophene rings is 1. The Morgan fingerprint density at radius 2 is 1.91 bits per heavy atom. The van der Waals surface area contributed by atoms with E-state index in [1.54, 1.807) is 29.5 Å². The summed E-state index contributed by atoms with van der Waals surface area (Å²) in [6, 6.07) is 10.3. The number of pyridine rings is 2. The van der Waals surface area contributed by atoms with Gasteiger partial charge in [0.25, 0.3) is 5.69 Å². The molecule has 0 atom stereocenters. The Morgan fingerprint density at radius 1 is 1.09 bits per heavy atom. The third kappa shape index (κ3) is 4.32. The number of nitro benzene ring substituents is 1. The van der Waals surface area contributed by atoms with Gasteiger partial charge in [-0.2, -0.15) is 0 Å². The van der Waals surface area contributed by atoms with E-state index in [0.29, 0.717) is 11.9 Å². The van der Waals surface area contributed by atoms with Crippen LogP contribution in [0, 0.1) is 10.1 Å². The number of non-ortho nitro benzene ring substituents is 1. The quantitative estimate of drug-likeness (QED) is 0.351. The zero-order valence-corrected chi connectivity index (χ0v) is 18.8. The van der Waals surface area contributed by atoms with E-state index >= 15 is 0 Å². The van der Waals surface area contributed by atoms with Gasteiger partial charge in [0.15, 0.2) is 0 Å². The van der Waals surface area contributed by atoms with E-state index in [1.807, 2.05) is 6.20 Å². The number of nitro groups is 1. The van der Waals surface area contributed by atoms with Crippen molar-refractivity contribution < 1.29 is 4.92 Å². The number of piperazine rings is 1. The summed E-state index contributed by atoms with van der Waals surface area (Å²) >= 11 is 1.73. The minimum Gasteiger partial charge on any atom is -0.354 e. The average Bonchev–Trinajstić information content (AvgIpc) is 3.26. The molecule has 8 nitrogen and oxygen atoms in total. The van der Waals surface area contributed by atoms with Crippen LogP contribution in [0.1, 0.15) is 5.56 Å². The predicted molar refractivity (Wildman–Crippen MR) is 130 cm³/mol. The molecule has 1 fully saturated rings. The molecule has 3 aromatic heterocycles. The molecule has 0 bridgehead atoms. The molecule has 0 unspecified atom stereocenters. The molecule has 1 aliphatic rings. The topological polar surface area (TPSA) is 95.4 Å². The lowest BCUT2D eigenvalue weighted by Gasteiger charge is -2.35. The number of anilines is 1. The van der Waals surface area contributed by atoms with Gasteiger partial charge in [0.1, 0.15) is 5.82 Å². The number of nitrogens with one attached hydrogen (secondary N) is 1. The summed E-state index contributed by atoms with van der Waals surface area (Å²) in [4.78, 5) is 34.9. The van der Waals surface area contributed by atoms with Crippen molar-refractivity contribution in [1.82, 2.24) is 14.9 Å². The van der Waals surface area contributed by atoms with Crippen molar-refractivity contribution in [3.05, 3.63) is 74.0 Å². The van der Waals surface area contributed by atoms with Crippen molar-refractivity contribution in [2.24, 2.45) is 0 Å². The van der Waals surface area contributed by atoms with E-state index in [9.17, 15) is 14.9 Å². The van der Waals surface area contributed by atoms with E-state index in [1.165, 1.54) is 16.2 Å². The number of halogens is 1. The van der Waals surface area contributed by atoms with Crippen molar-refractivity contribution in [1.29, 1.82) is 0 Å². The van der Waals surface area contributed by atoms with Crippen LogP contribution in [0.15, 0.2) is 52.8 Å². The zero-order valence-electron chi connectivity index (χ0n) is 17.2. The van der Waals surface area contributed by atoms with Gasteiger partial charge in [-0.1, -0.05) is 0 Å². The highest BCUT2D eigenvalue weighted by Crippen LogP contribution is 2.29. The highest BCUT2D eigenvalue weighted by atomic mass is 35.5. The monoisotopic (exact) mass is 471 g/mol. The minimum atomic E-state index is -0.407. The number of hydrogen-bond acceptors (Lipinski definition) is 7. The second kappa shape index (κ2) is 9.23. The molecule has 10 heteroatoms. The SMILES string of the molecule is Cl.O=c1cc(CCN2CCN(c3nccc4sccc34)CC2)c2cc([N+](=O)[O-])ccc2[nH]1. The van der Waals surface area contributed by atoms with Gasteiger partial charge in [-0.3, -0.25) is 19.8 Å². The standard InChI is InChI=1S/C22H21N5O3S.ClH/c28-21-13-15(18-14-16(27(29)30)1-2-19(18)24-21)4-7-25-8-10-26(11-9-25)22-17-5-12-31-20(17)3-6-23-22;/h1-3,5-6,12-14H,4,7-11H2,(H,24,28);1H. The average molecular weight is 472 g/mol. The number of rotatable bonds is 5. The Morgan fingerprint density at radius 3 is 2.69 bits per heavy atom. The second-order valence-corrected chi connectivity index (χ2v) is 8.64. The molecule has 1 aromatic carbocycles. The molecule has 1 N–H and O–H groups in total. The second-order valence-electron chi connectivity index (χ2n) is 7.69. The van der Waals surface area contributed by atoms with Crippen LogP contribution in [0.3, 0.4) is 0 Å². The fourth-order valence-corrected chi connectivity index (χ4v) is 5.00. The van der Waals surface area contributed by atoms with Gasteiger partial charge in [-0.15, -0.1) is 23.7 Å². The lowest BCUT2D eigenvalue weighted by atomic mass is 10.0. The van der Waals surface area contributed by atoms with Crippen LogP contribution in [0.5, 0.6) is 0 Å². The van der Waals surface area contributed by atoms with Crippen LogP contribution in [-0.2, 0) is 6.42 Å². The molecular formula is C22H22ClN5O3S. The third-order valence-electron chi connectivity index (χ3n) is 5.85. The van der Waals surface area contributed by atoms with Crippen molar-refractivity contribution in [2.45, 2.75) is 6.42 Å². The molecule has 0 saturated carbocycles. The van der Waals surface area contributed by atoms with Crippen LogP contribution < -0.4 is 10.5 Å². The first kappa shape index (κ1) is 22.2. The fraction of sp³-hybridized carbons (Fsp3) is 0.273. The Labute approximate surface area is 194 Å². The van der Waals surface area contributed by atoms with Crippen molar-refractivity contribution in [2.75, 3.05) is 37.6 Å². The van der Waals surface area contributed by atoms with Crippen molar-refractivity contribution in [3.63, 3.8) is 0 Å². The van der Waals surface area contributed by atoms with Crippen LogP contribution in [-0.4, -0.2) is 52.5 Å². The molecule has 0 amide bonds. The molecule has 0 spiro atoms. The molecule has 4 heterocycles. The van der Waals surface area contributed by atoms with Crippen LogP contribution in [0.2, 0.25) is 0 Å². The maximum absolute atomic E-state index is 12.0. The largest absolute Gasteiger partial charge is 0.354 e. The van der Waals surface area contributed by atoms with Gasteiger partial charge in [-0.25, -0.2) is 4.98 Å². The predicted octanol–water partition coefficient (Wildman–Crippen LogP) is 3.83. The number of nitrogens with zero attached hydrogens (tertiary/aromatic N) is 4. The van der Waals surface area contributed by atoms with Gasteiger partial charge in [0.2, 0.25) is 5.56 Å². The fourth-order valence-electron chi connectivity index (χ4n) is 4.23. The number of H-pyrrole nitrogens is 1. The highest BCUT2D eigenvalue weighted by Gasteiger charge is 2.20. The molecule has 0 aliphatic carbocycles. The zero-order chi connectivity index (χ0) is 21.4. The highest BCUT2D eigenvalue weighted by molar-refractivity contribution is 7.17. The van der Waals surface area contributed by atoms with Crippen LogP contribution in [0.4, 0.5) is 11.5 Å². The summed E-state index contributed by atoms with van der Waals surface area (Å²) in [5.41, 5.74) is 1.32. The Kier molecular flexibility index (Phi) is 6.40. The summed E-state index contributed by atoms with van der Waals surface area (Å²) in [7, 11) is 0. The molecule has 5 rings (SSSR count). The summed E-state index contributed by atoms with van der Waals surface area (Å²) in [5, 5.41) is 15.2. The normalized spacial score (nSPS) is 14.6. The lowest BCUT2D eigenvalue weighted by Crippen LogP contribution is -2.47. The maximum atomic E-state index is 12.0. The van der Waals surface area contributed by atoms with E-state index in [-0.39, 0.29) is 23.7 Å². The first-order chi connectivity index (χ1) is 15.1. The summed E-state index contributed by atoms with van der Waals surface area (Å²) in [6.07, 6.45) is 2.54. The third-order valence-corrected chi connectivity index (χ3v) is 6.73. The molecule has 1 aliphatic heterocycles. The number of fused-ring (bicyclic) bond motifs is 2. The van der Waals surface area contributed by atoms with Gasteiger partial charge in [0.05, 0.1) is 4.92 Å². The van der Waals surface area contributed by atoms with Gasteiger partial charge >= 0.3 is 0 Å². The van der Waals surface area contributed by atoms with Crippen molar-refractivity contribution >= 4 is 56.2 Å². The van der Waals surface area contributed by atoms with E-state index in [2.05, 4.69) is 37.3 Å². The van der Waals surface area contributed by atoms with E-state index < -0.39 is 4.92 Å². The minimum absolute atomic E-state index is 0. The Hall–Kier alpha value is -3.01. The summed E-state index contributed by atoms with van der Waals surface area (Å²) < 4.78 is 1.25. The van der Waals surface area contributed by atoms with Gasteiger partial charge in [0, 0.05) is 78.1 Å². The molecular weight excluding hydrogens is 450 g/mol. The number of aromatic amines is 1. The molecule has 166 valence electrons. The first-order valence-electron chi connectivity index (χ1n) is 10.2. The first-order valence-corrected chi connectivity index (χ1v) is 11.1. The number of aromatic nitrogens is 2. The van der Waals surface area contributed by atoms with E-state index in [4.69, 9.17) is 0 Å². The van der Waals surface area contributed by atoms with Crippen LogP contribution >= 0.6 is 23.7 Å². The number of benzene rings is 1. The molecule has 1 saturated heterocycles. The smallest absolute Gasteiger partial charge is 0.270 e. The Balaban J connectivity index is 0.00000245. The molecule has 4 aromatic rings. The van der Waals surface area contributed by atoms with Crippen LogP contribution in [0.25, 0.3) is 21.0 Å². The van der Waals surface area contributed by atoms with Gasteiger partial charge < -0.3 is 9.88 Å². The summed E-state index contributed by atoms with van der Waals surface area (Å²) in [6.45, 7) is 4.39. The molecule has 32 heavy (non-hydrogen) atoms. The van der Waals surface area contributed by atoms with Crippen molar-refractivity contribution in [3.8, 4) is 0 Å². The number of hydrogen-bond donors (Lipinski definition) is 1. The molecule has 0 radical (unpaired) electrons. The maximum Gasteiger partial charge on any atom is 0.270 e.